The third kappa shape index (κ3) is 3.52. The number of nitrogens with one attached hydrogen (secondary N) is 1. The van der Waals surface area contributed by atoms with Gasteiger partial charge in [-0.2, -0.15) is 0 Å². The fraction of sp³-hybridized carbons (Fsp3) is 0.0714. The van der Waals surface area contributed by atoms with Crippen LogP contribution in [0.4, 0.5) is 5.69 Å². The Morgan fingerprint density at radius 3 is 2.80 bits per heavy atom. The number of nitrogens with zero attached hydrogens (tertiary/aromatic N) is 1. The number of hydrogen-bond donors (Lipinski definition) is 2. The Morgan fingerprint density at radius 2 is 2.15 bits per heavy atom. The number of hydrogen-bond acceptors (Lipinski definition) is 4. The molecule has 0 saturated heterocycles. The molecule has 102 valence electrons. The molecule has 2 heterocycles. The van der Waals surface area contributed by atoms with Gasteiger partial charge < -0.3 is 10.4 Å². The fourth-order valence-electron chi connectivity index (χ4n) is 1.53. The molecule has 0 aromatic carbocycles. The first kappa shape index (κ1) is 14.0. The highest BCUT2D eigenvalue weighted by Crippen LogP contribution is 2.20. The Hall–Kier alpha value is -2.47. The van der Waals surface area contributed by atoms with Crippen LogP contribution in [0.15, 0.2) is 35.9 Å². The van der Waals surface area contributed by atoms with E-state index in [0.29, 0.717) is 16.1 Å². The summed E-state index contributed by atoms with van der Waals surface area (Å²) in [5.74, 6) is -1.33. The molecular formula is C14H12N2O3S. The van der Waals surface area contributed by atoms with Crippen molar-refractivity contribution in [2.24, 2.45) is 0 Å². The van der Waals surface area contributed by atoms with E-state index >= 15 is 0 Å². The number of carbonyl (C=O) groups excluding carboxylic acids is 1. The lowest BCUT2D eigenvalue weighted by Crippen LogP contribution is -2.11. The van der Waals surface area contributed by atoms with Crippen LogP contribution in [0.3, 0.4) is 0 Å². The topological polar surface area (TPSA) is 79.3 Å². The molecule has 0 bridgehead atoms. The fourth-order valence-corrected chi connectivity index (χ4v) is 2.31. The highest BCUT2D eigenvalue weighted by molar-refractivity contribution is 7.12. The number of carbonyl (C=O) groups is 2. The monoisotopic (exact) mass is 288 g/mol. The van der Waals surface area contributed by atoms with Crippen LogP contribution < -0.4 is 5.32 Å². The summed E-state index contributed by atoms with van der Waals surface area (Å²) in [7, 11) is 0. The highest BCUT2D eigenvalue weighted by Gasteiger charge is 2.12. The number of thiophene rings is 1. The minimum Gasteiger partial charge on any atom is -0.478 e. The second-order valence-electron chi connectivity index (χ2n) is 4.02. The number of aliphatic carboxylic acids is 1. The molecule has 0 aliphatic rings. The molecule has 0 fully saturated rings. The van der Waals surface area contributed by atoms with Crippen molar-refractivity contribution in [3.63, 3.8) is 0 Å². The third-order valence-electron chi connectivity index (χ3n) is 2.48. The maximum Gasteiger partial charge on any atom is 0.328 e. The van der Waals surface area contributed by atoms with Gasteiger partial charge >= 0.3 is 5.97 Å². The van der Waals surface area contributed by atoms with Crippen molar-refractivity contribution >= 4 is 35.0 Å². The summed E-state index contributed by atoms with van der Waals surface area (Å²) in [4.78, 5) is 27.2. The Bertz CT molecular complexity index is 659. The van der Waals surface area contributed by atoms with E-state index in [2.05, 4.69) is 10.3 Å². The van der Waals surface area contributed by atoms with Crippen LogP contribution in [0.1, 0.15) is 20.9 Å². The SMILES string of the molecule is Cc1ccc(NC(=O)c2sccc2/C=C/C(=O)O)cn1. The van der Waals surface area contributed by atoms with Crippen LogP contribution in [-0.2, 0) is 4.79 Å². The second-order valence-corrected chi connectivity index (χ2v) is 4.94. The normalized spacial score (nSPS) is 10.7. The summed E-state index contributed by atoms with van der Waals surface area (Å²) in [6.45, 7) is 1.86. The molecule has 2 aromatic rings. The van der Waals surface area contributed by atoms with Crippen molar-refractivity contribution in [1.29, 1.82) is 0 Å². The average molecular weight is 288 g/mol. The predicted octanol–water partition coefficient (Wildman–Crippen LogP) is 2.80. The zero-order valence-electron chi connectivity index (χ0n) is 10.7. The van der Waals surface area contributed by atoms with E-state index in [-0.39, 0.29) is 5.91 Å². The van der Waals surface area contributed by atoms with Crippen molar-refractivity contribution in [3.8, 4) is 0 Å². The van der Waals surface area contributed by atoms with E-state index in [4.69, 9.17) is 5.11 Å². The first-order valence-electron chi connectivity index (χ1n) is 5.79. The van der Waals surface area contributed by atoms with Gasteiger partial charge in [0.25, 0.3) is 5.91 Å². The van der Waals surface area contributed by atoms with Crippen molar-refractivity contribution in [3.05, 3.63) is 52.0 Å². The zero-order chi connectivity index (χ0) is 14.5. The van der Waals surface area contributed by atoms with Gasteiger partial charge in [-0.05, 0) is 42.1 Å². The number of aryl methyl sites for hydroxylation is 1. The maximum absolute atomic E-state index is 12.1. The van der Waals surface area contributed by atoms with Gasteiger partial charge in [0.05, 0.1) is 16.8 Å². The van der Waals surface area contributed by atoms with E-state index in [0.717, 1.165) is 11.8 Å². The number of rotatable bonds is 4. The molecule has 6 heteroatoms. The molecule has 5 nitrogen and oxygen atoms in total. The molecule has 0 spiro atoms. The van der Waals surface area contributed by atoms with E-state index < -0.39 is 5.97 Å². The van der Waals surface area contributed by atoms with Crippen molar-refractivity contribution in [2.75, 3.05) is 5.32 Å². The molecule has 0 atom stereocenters. The molecular weight excluding hydrogens is 276 g/mol. The number of pyridine rings is 1. The Kier molecular flexibility index (Phi) is 4.27. The van der Waals surface area contributed by atoms with Gasteiger partial charge in [0, 0.05) is 11.8 Å². The Morgan fingerprint density at radius 1 is 1.35 bits per heavy atom. The Labute approximate surface area is 119 Å². The molecule has 2 rings (SSSR count). The Balaban J connectivity index is 2.15. The number of anilines is 1. The van der Waals surface area contributed by atoms with Gasteiger partial charge in [0.15, 0.2) is 0 Å². The first-order chi connectivity index (χ1) is 9.56. The van der Waals surface area contributed by atoms with E-state index in [1.54, 1.807) is 29.8 Å². The summed E-state index contributed by atoms with van der Waals surface area (Å²) < 4.78 is 0. The lowest BCUT2D eigenvalue weighted by Gasteiger charge is -2.04. The molecule has 0 unspecified atom stereocenters. The maximum atomic E-state index is 12.1. The van der Waals surface area contributed by atoms with Crippen molar-refractivity contribution in [2.45, 2.75) is 6.92 Å². The number of aromatic nitrogens is 1. The molecule has 0 saturated carbocycles. The van der Waals surface area contributed by atoms with Crippen LogP contribution >= 0.6 is 11.3 Å². The van der Waals surface area contributed by atoms with Crippen molar-refractivity contribution in [1.82, 2.24) is 4.98 Å². The molecule has 0 radical (unpaired) electrons. The average Bonchev–Trinajstić information content (AvgIpc) is 2.87. The molecule has 2 N–H and O–H groups in total. The second kappa shape index (κ2) is 6.12. The summed E-state index contributed by atoms with van der Waals surface area (Å²) in [5, 5.41) is 13.1. The summed E-state index contributed by atoms with van der Waals surface area (Å²) in [5.41, 5.74) is 2.04. The number of carboxylic acid groups (broad SMARTS) is 1. The third-order valence-corrected chi connectivity index (χ3v) is 3.41. The summed E-state index contributed by atoms with van der Waals surface area (Å²) in [6, 6.07) is 5.27. The van der Waals surface area contributed by atoms with Gasteiger partial charge in [-0.15, -0.1) is 11.3 Å². The zero-order valence-corrected chi connectivity index (χ0v) is 11.5. The largest absolute Gasteiger partial charge is 0.478 e. The van der Waals surface area contributed by atoms with Gasteiger partial charge in [-0.1, -0.05) is 0 Å². The van der Waals surface area contributed by atoms with Crippen LogP contribution in [0, 0.1) is 6.92 Å². The minimum absolute atomic E-state index is 0.282. The van der Waals surface area contributed by atoms with Gasteiger partial charge in [-0.25, -0.2) is 4.79 Å². The predicted molar refractivity (Wildman–Crippen MR) is 77.9 cm³/mol. The van der Waals surface area contributed by atoms with Gasteiger partial charge in [0.2, 0.25) is 0 Å². The lowest BCUT2D eigenvalue weighted by atomic mass is 10.2. The molecule has 1 amide bonds. The number of carboxylic acids is 1. The van der Waals surface area contributed by atoms with E-state index in [1.807, 2.05) is 6.92 Å². The lowest BCUT2D eigenvalue weighted by molar-refractivity contribution is -0.131. The minimum atomic E-state index is -1.05. The van der Waals surface area contributed by atoms with Crippen LogP contribution in [0.25, 0.3) is 6.08 Å². The van der Waals surface area contributed by atoms with Gasteiger partial charge in [0.1, 0.15) is 0 Å². The molecule has 20 heavy (non-hydrogen) atoms. The van der Waals surface area contributed by atoms with Crippen LogP contribution in [-0.4, -0.2) is 22.0 Å². The van der Waals surface area contributed by atoms with Crippen LogP contribution in [0.2, 0.25) is 0 Å². The summed E-state index contributed by atoms with van der Waals surface area (Å²) in [6.07, 6.45) is 3.99. The summed E-state index contributed by atoms with van der Waals surface area (Å²) >= 11 is 1.26. The van der Waals surface area contributed by atoms with Crippen LogP contribution in [0.5, 0.6) is 0 Å². The quantitative estimate of drug-likeness (QED) is 0.848. The highest BCUT2D eigenvalue weighted by atomic mass is 32.1. The van der Waals surface area contributed by atoms with Gasteiger partial charge in [-0.3, -0.25) is 9.78 Å². The standard InChI is InChI=1S/C14H12N2O3S/c1-9-2-4-11(8-15-9)16-14(19)13-10(6-7-20-13)3-5-12(17)18/h2-8H,1H3,(H,16,19)(H,17,18)/b5-3+. The first-order valence-corrected chi connectivity index (χ1v) is 6.67. The molecule has 0 aliphatic carbocycles. The molecule has 0 aliphatic heterocycles. The molecule has 2 aromatic heterocycles. The number of amides is 1. The van der Waals surface area contributed by atoms with E-state index in [1.165, 1.54) is 17.4 Å². The smallest absolute Gasteiger partial charge is 0.328 e. The van der Waals surface area contributed by atoms with Crippen molar-refractivity contribution < 1.29 is 14.7 Å². The van der Waals surface area contributed by atoms with E-state index in [9.17, 15) is 9.59 Å².